The van der Waals surface area contributed by atoms with Crippen molar-refractivity contribution < 1.29 is 107 Å². The first-order chi connectivity index (χ1) is 56.8. The predicted octanol–water partition coefficient (Wildman–Crippen LogP) is -0.203. The topological polar surface area (TPSA) is 586 Å². The van der Waals surface area contributed by atoms with Crippen LogP contribution >= 0.6 is 35.3 Å². The number of benzene rings is 5. The number of rotatable bonds is 18. The highest BCUT2D eigenvalue weighted by Gasteiger charge is 2.41. The van der Waals surface area contributed by atoms with Gasteiger partial charge in [0, 0.05) is 66.6 Å². The Morgan fingerprint density at radius 3 is 1.42 bits per heavy atom. The Morgan fingerprint density at radius 2 is 0.892 bits per heavy atom. The van der Waals surface area contributed by atoms with E-state index in [0.717, 1.165) is 28.9 Å². The third-order valence-electron chi connectivity index (χ3n) is 19.1. The van der Waals surface area contributed by atoms with Crippen LogP contribution in [0, 0.1) is 5.41 Å². The zero-order valence-corrected chi connectivity index (χ0v) is 69.0. The molecule has 0 spiro atoms. The highest BCUT2D eigenvalue weighted by Crippen LogP contribution is 2.27. The minimum absolute atomic E-state index is 0.0279. The van der Waals surface area contributed by atoms with Crippen LogP contribution in [0.1, 0.15) is 107 Å². The van der Waals surface area contributed by atoms with E-state index in [1.54, 1.807) is 94.5 Å². The molecule has 0 radical (unpaired) electrons. The quantitative estimate of drug-likeness (QED) is 0.0540. The summed E-state index contributed by atoms with van der Waals surface area (Å²) in [5, 5.41) is 87.5. The molecule has 5 aromatic rings. The minimum atomic E-state index is -2.17. The average molecular weight is 1720 g/mol. The van der Waals surface area contributed by atoms with Gasteiger partial charge in [0.2, 0.25) is 70.9 Å². The fourth-order valence-electron chi connectivity index (χ4n) is 12.7. The number of phenols is 1. The number of fused-ring (bicyclic) bond motifs is 6. The molecular weight excluding hydrogens is 1620 g/mol. The summed E-state index contributed by atoms with van der Waals surface area (Å²) in [6, 6.07) is 8.83. The Hall–Kier alpha value is -11.9. The van der Waals surface area contributed by atoms with Crippen LogP contribution in [0.3, 0.4) is 0 Å². The maximum absolute atomic E-state index is 15.2. The van der Waals surface area contributed by atoms with E-state index in [1.807, 2.05) is 12.1 Å². The van der Waals surface area contributed by atoms with Crippen molar-refractivity contribution in [2.45, 2.75) is 188 Å². The Bertz CT molecular complexity index is 4570. The molecule has 5 aromatic carbocycles. The van der Waals surface area contributed by atoms with Crippen LogP contribution in [0.25, 0.3) is 10.8 Å². The number of amides is 14. The standard InChI is InChI=1S/C80H101N15O22S3/c1-41-69(107)95-79(117)93-53(24-26-63(99)100)71(109)88-56(32-49-17-12-16-48-15-10-11-18-51(48)49)72(110)84-42(2)68(106)92-60-39-119-36-46-27-45(28-47(29-46)37-120-40-61(82-6)83-41)35-118-38-59(67(81)105)91-78(116)66(80(3,4)5)94-76(114)58(34-65(103)104)90-74(112)55(31-44-19-21-50(96)22-20-44)86-73(111)54(30-43-13-8-7-9-14-43)87-75(113)57(33-64(101)102)89-70(108)52(85-77(60)115)23-25-62(97)98/h7-22,27-29,41-42,52-61,66,82-83,96H,23-26,30-40H2,1-6H3,(H2,81,105)(H,84,110)(H,85,115)(H,86,111)(H,87,113)(H,88,109)(H,89,108)(H,90,112)(H,91,116)(H,92,106)(H,94,114)(H,97,98)(H,99,100)(H,101,102)(H,103,104)(H2,93,95,107,117). The van der Waals surface area contributed by atoms with Gasteiger partial charge in [-0.25, -0.2) is 4.79 Å². The molecule has 0 fully saturated rings. The van der Waals surface area contributed by atoms with Gasteiger partial charge in [-0.1, -0.05) is 124 Å². The Kier molecular flexibility index (Phi) is 36.4. The van der Waals surface area contributed by atoms with E-state index >= 15 is 4.79 Å². The van der Waals surface area contributed by atoms with Gasteiger partial charge in [0.1, 0.15) is 72.2 Å². The van der Waals surface area contributed by atoms with Crippen LogP contribution in [0.2, 0.25) is 0 Å². The number of hydrogen-bond donors (Lipinski definition) is 20. The molecule has 2 aliphatic heterocycles. The van der Waals surface area contributed by atoms with Crippen molar-refractivity contribution in [1.29, 1.82) is 0 Å². The Morgan fingerprint density at radius 1 is 0.442 bits per heavy atom. The lowest BCUT2D eigenvalue weighted by Gasteiger charge is -2.33. The van der Waals surface area contributed by atoms with Crippen molar-refractivity contribution in [3.63, 3.8) is 0 Å². The number of carbonyl (C=O) groups is 17. The lowest BCUT2D eigenvalue weighted by Crippen LogP contribution is -2.62. The highest BCUT2D eigenvalue weighted by molar-refractivity contribution is 7.99. The van der Waals surface area contributed by atoms with Gasteiger partial charge < -0.3 is 95.1 Å². The molecule has 14 amide bonds. The molecule has 120 heavy (non-hydrogen) atoms. The van der Waals surface area contributed by atoms with E-state index in [4.69, 9.17) is 5.73 Å². The third-order valence-corrected chi connectivity index (χ3v) is 22.4. The van der Waals surface area contributed by atoms with Gasteiger partial charge in [-0.3, -0.25) is 87.3 Å². The molecule has 13 unspecified atom stereocenters. The van der Waals surface area contributed by atoms with E-state index in [9.17, 15) is 102 Å². The van der Waals surface area contributed by atoms with E-state index in [1.165, 1.54) is 62.0 Å². The second-order valence-electron chi connectivity index (χ2n) is 29.8. The van der Waals surface area contributed by atoms with Crippen molar-refractivity contribution in [3.8, 4) is 5.75 Å². The fraction of sp³-hybridized carbons (Fsp3) is 0.438. The molecule has 40 heteroatoms. The van der Waals surface area contributed by atoms with Gasteiger partial charge in [0.25, 0.3) is 0 Å². The molecule has 13 atom stereocenters. The van der Waals surface area contributed by atoms with Gasteiger partial charge in [0.05, 0.1) is 25.0 Å². The van der Waals surface area contributed by atoms with Crippen molar-refractivity contribution in [3.05, 3.63) is 149 Å². The molecule has 4 bridgehead atoms. The van der Waals surface area contributed by atoms with E-state index in [-0.39, 0.29) is 52.3 Å². The summed E-state index contributed by atoms with van der Waals surface area (Å²) in [6.45, 7) is 7.30. The first-order valence-corrected chi connectivity index (χ1v) is 41.7. The number of primary amides is 1. The molecule has 2 heterocycles. The molecule has 2 aliphatic rings. The van der Waals surface area contributed by atoms with Crippen molar-refractivity contribution in [2.24, 2.45) is 11.1 Å². The molecule has 0 saturated heterocycles. The maximum atomic E-state index is 15.2. The number of carboxylic acid groups (broad SMARTS) is 4. The first kappa shape index (κ1) is 95.3. The van der Waals surface area contributed by atoms with Crippen LogP contribution in [-0.4, -0.2) is 229 Å². The van der Waals surface area contributed by atoms with Crippen LogP contribution in [0.15, 0.2) is 115 Å². The zero-order chi connectivity index (χ0) is 88.1. The number of nitrogens with two attached hydrogens (primary N) is 1. The summed E-state index contributed by atoms with van der Waals surface area (Å²) >= 11 is 3.57. The summed E-state index contributed by atoms with van der Waals surface area (Å²) in [5.74, 6) is -19.9. The van der Waals surface area contributed by atoms with Crippen molar-refractivity contribution in [1.82, 2.24) is 74.4 Å². The monoisotopic (exact) mass is 1720 g/mol. The van der Waals surface area contributed by atoms with Gasteiger partial charge in [-0.15, -0.1) is 0 Å². The van der Waals surface area contributed by atoms with Crippen LogP contribution in [0.4, 0.5) is 4.79 Å². The number of thioether (sulfide) groups is 3. The van der Waals surface area contributed by atoms with Crippen LogP contribution in [0.5, 0.6) is 5.75 Å². The number of aliphatic carboxylic acids is 4. The van der Waals surface area contributed by atoms with Gasteiger partial charge in [-0.05, 0) is 95.4 Å². The second-order valence-corrected chi connectivity index (χ2v) is 32.9. The summed E-state index contributed by atoms with van der Waals surface area (Å²) in [6.07, 6.45) is -7.04. The predicted molar refractivity (Wildman–Crippen MR) is 442 cm³/mol. The summed E-state index contributed by atoms with van der Waals surface area (Å²) in [5.41, 5.74) is 7.72. The summed E-state index contributed by atoms with van der Waals surface area (Å²) in [4.78, 5) is 238. The number of carboxylic acids is 4. The summed E-state index contributed by atoms with van der Waals surface area (Å²) < 4.78 is 0. The fourth-order valence-corrected chi connectivity index (χ4v) is 15.7. The Balaban J connectivity index is 1.35. The van der Waals surface area contributed by atoms with E-state index in [0.29, 0.717) is 33.2 Å². The van der Waals surface area contributed by atoms with Crippen LogP contribution < -0.4 is 80.2 Å². The SMILES string of the molecule is CNC1CSCc2cc3cc(c2)CSCC(NC(=O)C(C)NC(=O)C(Cc2cccc4ccccc24)NC(=O)C(CCC(=O)O)NC(=O)NC(=O)C(C)N1)C(=O)NC(CCC(=O)O)C(=O)NC(CC(=O)O)C(=O)NC(Cc1ccccc1)C(=O)NC(Cc1ccc(O)cc1)C(=O)NC(CC(=O)O)C(=O)NC(C(C)(C)C)C(=O)NC(C(N)=O)CSC3. The van der Waals surface area contributed by atoms with E-state index in [2.05, 4.69) is 74.4 Å². The highest BCUT2D eigenvalue weighted by atomic mass is 32.2. The minimum Gasteiger partial charge on any atom is -0.508 e. The number of nitrogens with one attached hydrogen (secondary N) is 14. The number of phenolic OH excluding ortho intramolecular Hbond substituents is 1. The molecular formula is C80H101N15O22S3. The third kappa shape index (κ3) is 30.8. The molecule has 7 rings (SSSR count). The number of aromatic hydroxyl groups is 1. The normalized spacial score (nSPS) is 24.2. The van der Waals surface area contributed by atoms with Crippen LogP contribution in [-0.2, 0) is 113 Å². The molecule has 21 N–H and O–H groups in total. The number of urea groups is 1. The maximum Gasteiger partial charge on any atom is 0.322 e. The smallest absolute Gasteiger partial charge is 0.322 e. The molecule has 0 aliphatic carbocycles. The zero-order valence-electron chi connectivity index (χ0n) is 66.6. The lowest BCUT2D eigenvalue weighted by molar-refractivity contribution is -0.142. The van der Waals surface area contributed by atoms with Gasteiger partial charge in [-0.2, -0.15) is 35.3 Å². The molecule has 0 saturated carbocycles. The number of carbonyl (C=O) groups excluding carboxylic acids is 13. The number of hydrogen-bond acceptors (Lipinski definition) is 23. The summed E-state index contributed by atoms with van der Waals surface area (Å²) in [7, 11) is 1.60. The largest absolute Gasteiger partial charge is 0.508 e. The average Bonchev–Trinajstić information content (AvgIpc) is 0.823. The van der Waals surface area contributed by atoms with E-state index < -0.39 is 236 Å². The molecule has 37 nitrogen and oxygen atoms in total. The second kappa shape index (κ2) is 45.9. The van der Waals surface area contributed by atoms with Crippen molar-refractivity contribution >= 4 is 147 Å². The lowest BCUT2D eigenvalue weighted by atomic mass is 9.85. The molecule has 646 valence electrons. The first-order valence-electron chi connectivity index (χ1n) is 38.2. The van der Waals surface area contributed by atoms with Gasteiger partial charge >= 0.3 is 29.9 Å². The van der Waals surface area contributed by atoms with Crippen molar-refractivity contribution in [2.75, 3.05) is 24.3 Å². The molecule has 0 aromatic heterocycles. The Labute approximate surface area is 702 Å². The number of imide groups is 1. The van der Waals surface area contributed by atoms with Gasteiger partial charge in [0.15, 0.2) is 0 Å².